The molecule has 0 aliphatic carbocycles. The standard InChI is InChI=1S/C16H19F2N3O2/c1-9(2)23-16(22)10(3)8-19-14-11-6-4-5-7-12(11)20-15(21-14)13(17)18/h4-7,9-10,13H,8H2,1-3H3,(H,19,20,21). The molecule has 0 radical (unpaired) electrons. The Morgan fingerprint density at radius 1 is 1.22 bits per heavy atom. The molecule has 1 aromatic heterocycles. The van der Waals surface area contributed by atoms with E-state index in [1.54, 1.807) is 45.0 Å². The number of anilines is 1. The van der Waals surface area contributed by atoms with Gasteiger partial charge in [-0.2, -0.15) is 0 Å². The number of nitrogens with one attached hydrogen (secondary N) is 1. The summed E-state index contributed by atoms with van der Waals surface area (Å²) in [6.45, 7) is 5.47. The van der Waals surface area contributed by atoms with Gasteiger partial charge in [0.05, 0.1) is 17.5 Å². The first-order valence-electron chi connectivity index (χ1n) is 7.37. The molecule has 0 bridgehead atoms. The number of rotatable bonds is 6. The zero-order valence-electron chi connectivity index (χ0n) is 13.2. The van der Waals surface area contributed by atoms with Crippen LogP contribution in [-0.2, 0) is 9.53 Å². The van der Waals surface area contributed by atoms with Crippen molar-refractivity contribution >= 4 is 22.7 Å². The minimum atomic E-state index is -2.76. The molecule has 1 unspecified atom stereocenters. The van der Waals surface area contributed by atoms with Gasteiger partial charge in [-0.3, -0.25) is 4.79 Å². The van der Waals surface area contributed by atoms with Gasteiger partial charge < -0.3 is 10.1 Å². The summed E-state index contributed by atoms with van der Waals surface area (Å²) in [6.07, 6.45) is -2.96. The smallest absolute Gasteiger partial charge is 0.310 e. The zero-order chi connectivity index (χ0) is 17.0. The Hall–Kier alpha value is -2.31. The normalized spacial score (nSPS) is 12.7. The third-order valence-corrected chi connectivity index (χ3v) is 3.15. The average molecular weight is 323 g/mol. The molecule has 1 N–H and O–H groups in total. The van der Waals surface area contributed by atoms with Crippen LogP contribution in [0, 0.1) is 5.92 Å². The van der Waals surface area contributed by atoms with Gasteiger partial charge in [0.25, 0.3) is 6.43 Å². The second-order valence-corrected chi connectivity index (χ2v) is 5.52. The number of hydrogen-bond donors (Lipinski definition) is 1. The fourth-order valence-electron chi connectivity index (χ4n) is 2.01. The Kier molecular flexibility index (Phi) is 5.41. The van der Waals surface area contributed by atoms with Crippen LogP contribution in [0.15, 0.2) is 24.3 Å². The zero-order valence-corrected chi connectivity index (χ0v) is 13.2. The molecule has 1 heterocycles. The Balaban J connectivity index is 2.20. The average Bonchev–Trinajstić information content (AvgIpc) is 2.51. The van der Waals surface area contributed by atoms with E-state index in [0.717, 1.165) is 0 Å². The van der Waals surface area contributed by atoms with Crippen molar-refractivity contribution in [3.05, 3.63) is 30.1 Å². The number of carbonyl (C=O) groups is 1. The second kappa shape index (κ2) is 7.30. The van der Waals surface area contributed by atoms with E-state index in [2.05, 4.69) is 15.3 Å². The molecule has 0 saturated heterocycles. The van der Waals surface area contributed by atoms with Gasteiger partial charge in [-0.25, -0.2) is 18.7 Å². The van der Waals surface area contributed by atoms with E-state index in [-0.39, 0.29) is 24.4 Å². The lowest BCUT2D eigenvalue weighted by Crippen LogP contribution is -2.25. The summed E-state index contributed by atoms with van der Waals surface area (Å²) in [5.41, 5.74) is 0.428. The molecule has 5 nitrogen and oxygen atoms in total. The van der Waals surface area contributed by atoms with E-state index in [9.17, 15) is 13.6 Å². The van der Waals surface area contributed by atoms with Crippen LogP contribution in [0.2, 0.25) is 0 Å². The van der Waals surface area contributed by atoms with Crippen LogP contribution in [0.1, 0.15) is 33.0 Å². The number of aromatic nitrogens is 2. The predicted molar refractivity (Wildman–Crippen MR) is 83.4 cm³/mol. The molecular weight excluding hydrogens is 304 g/mol. The molecule has 0 spiro atoms. The summed E-state index contributed by atoms with van der Waals surface area (Å²) in [6, 6.07) is 6.88. The van der Waals surface area contributed by atoms with Gasteiger partial charge in [0.15, 0.2) is 5.82 Å². The predicted octanol–water partition coefficient (Wildman–Crippen LogP) is 3.57. The van der Waals surface area contributed by atoms with E-state index in [1.165, 1.54) is 0 Å². The quantitative estimate of drug-likeness (QED) is 0.823. The number of hydrogen-bond acceptors (Lipinski definition) is 5. The third-order valence-electron chi connectivity index (χ3n) is 3.15. The number of para-hydroxylation sites is 1. The summed E-state index contributed by atoms with van der Waals surface area (Å²) in [5, 5.41) is 3.58. The lowest BCUT2D eigenvalue weighted by Gasteiger charge is -2.16. The van der Waals surface area contributed by atoms with Crippen molar-refractivity contribution in [1.29, 1.82) is 0 Å². The number of nitrogens with zero attached hydrogens (tertiary/aromatic N) is 2. The molecule has 2 rings (SSSR count). The van der Waals surface area contributed by atoms with Crippen molar-refractivity contribution in [2.24, 2.45) is 5.92 Å². The number of carbonyl (C=O) groups excluding carboxylic acids is 1. The van der Waals surface area contributed by atoms with Gasteiger partial charge >= 0.3 is 5.97 Å². The van der Waals surface area contributed by atoms with Crippen LogP contribution in [0.5, 0.6) is 0 Å². The maximum atomic E-state index is 12.9. The molecule has 0 aliphatic heterocycles. The number of esters is 1. The van der Waals surface area contributed by atoms with Crippen LogP contribution in [0.3, 0.4) is 0 Å². The minimum Gasteiger partial charge on any atom is -0.463 e. The van der Waals surface area contributed by atoms with E-state index in [0.29, 0.717) is 10.9 Å². The summed E-state index contributed by atoms with van der Waals surface area (Å²) in [5.74, 6) is -1.03. The van der Waals surface area contributed by atoms with E-state index in [1.807, 2.05) is 0 Å². The van der Waals surface area contributed by atoms with Crippen LogP contribution in [0.25, 0.3) is 10.9 Å². The highest BCUT2D eigenvalue weighted by atomic mass is 19.3. The number of ether oxygens (including phenoxy) is 1. The molecular formula is C16H19F2N3O2. The Bertz CT molecular complexity index is 692. The van der Waals surface area contributed by atoms with E-state index < -0.39 is 18.2 Å². The lowest BCUT2D eigenvalue weighted by molar-refractivity contribution is -0.151. The third kappa shape index (κ3) is 4.34. The van der Waals surface area contributed by atoms with Gasteiger partial charge in [0, 0.05) is 11.9 Å². The summed E-state index contributed by atoms with van der Waals surface area (Å²) >= 11 is 0. The van der Waals surface area contributed by atoms with Crippen molar-refractivity contribution in [3.8, 4) is 0 Å². The fraction of sp³-hybridized carbons (Fsp3) is 0.438. The fourth-order valence-corrected chi connectivity index (χ4v) is 2.01. The highest BCUT2D eigenvalue weighted by Crippen LogP contribution is 2.24. The maximum absolute atomic E-state index is 12.9. The topological polar surface area (TPSA) is 64.1 Å². The van der Waals surface area contributed by atoms with E-state index >= 15 is 0 Å². The Labute approximate surface area is 133 Å². The first-order chi connectivity index (χ1) is 10.9. The second-order valence-electron chi connectivity index (χ2n) is 5.52. The molecule has 0 amide bonds. The summed E-state index contributed by atoms with van der Waals surface area (Å²) < 4.78 is 31.0. The van der Waals surface area contributed by atoms with E-state index in [4.69, 9.17) is 4.74 Å². The SMILES string of the molecule is CC(C)OC(=O)C(C)CNc1nc(C(F)F)nc2ccccc12. The highest BCUT2D eigenvalue weighted by molar-refractivity contribution is 5.89. The molecule has 2 aromatic rings. The monoisotopic (exact) mass is 323 g/mol. The van der Waals surface area contributed by atoms with Crippen LogP contribution >= 0.6 is 0 Å². The van der Waals surface area contributed by atoms with Gasteiger partial charge in [-0.15, -0.1) is 0 Å². The van der Waals surface area contributed by atoms with Gasteiger partial charge in [-0.05, 0) is 26.0 Å². The molecule has 0 saturated carbocycles. The van der Waals surface area contributed by atoms with Crippen molar-refractivity contribution in [3.63, 3.8) is 0 Å². The maximum Gasteiger partial charge on any atom is 0.310 e. The van der Waals surface area contributed by atoms with Crippen molar-refractivity contribution in [2.45, 2.75) is 33.3 Å². The minimum absolute atomic E-state index is 0.199. The number of fused-ring (bicyclic) bond motifs is 1. The van der Waals surface area contributed by atoms with Crippen molar-refractivity contribution in [1.82, 2.24) is 9.97 Å². The summed E-state index contributed by atoms with van der Waals surface area (Å²) in [4.78, 5) is 19.5. The first kappa shape index (κ1) is 17.1. The highest BCUT2D eigenvalue weighted by Gasteiger charge is 2.18. The molecule has 1 atom stereocenters. The molecule has 0 fully saturated rings. The molecule has 7 heteroatoms. The Morgan fingerprint density at radius 2 is 1.91 bits per heavy atom. The molecule has 0 aliphatic rings. The van der Waals surface area contributed by atoms with Crippen molar-refractivity contribution < 1.29 is 18.3 Å². The molecule has 124 valence electrons. The first-order valence-corrected chi connectivity index (χ1v) is 7.37. The van der Waals surface area contributed by atoms with Crippen molar-refractivity contribution in [2.75, 3.05) is 11.9 Å². The molecule has 1 aromatic carbocycles. The number of alkyl halides is 2. The van der Waals surface area contributed by atoms with Crippen LogP contribution in [0.4, 0.5) is 14.6 Å². The van der Waals surface area contributed by atoms with Crippen LogP contribution in [-0.4, -0.2) is 28.6 Å². The van der Waals surface area contributed by atoms with Gasteiger partial charge in [0.2, 0.25) is 0 Å². The largest absolute Gasteiger partial charge is 0.463 e. The van der Waals surface area contributed by atoms with Crippen LogP contribution < -0.4 is 5.32 Å². The number of benzene rings is 1. The molecule has 23 heavy (non-hydrogen) atoms. The van der Waals surface area contributed by atoms with Gasteiger partial charge in [0.1, 0.15) is 5.82 Å². The summed E-state index contributed by atoms with van der Waals surface area (Å²) in [7, 11) is 0. The van der Waals surface area contributed by atoms with Gasteiger partial charge in [-0.1, -0.05) is 19.1 Å². The Morgan fingerprint density at radius 3 is 2.57 bits per heavy atom. The number of halogens is 2. The lowest BCUT2D eigenvalue weighted by atomic mass is 10.1.